The van der Waals surface area contributed by atoms with Gasteiger partial charge >= 0.3 is 0 Å². The standard InChI is InChI=1S/C15H16N2O3S/c1-9(14-10(2)17-20-11(14)3)16-15(19)12-7-13(21-8-12)5-4-6-18/h7-9,18H,6H2,1-3H3,(H,16,19). The third-order valence-electron chi connectivity index (χ3n) is 3.02. The van der Waals surface area contributed by atoms with Crippen molar-refractivity contribution in [1.82, 2.24) is 10.5 Å². The van der Waals surface area contributed by atoms with Crippen LogP contribution in [0.25, 0.3) is 0 Å². The summed E-state index contributed by atoms with van der Waals surface area (Å²) in [5, 5.41) is 17.2. The fourth-order valence-corrected chi connectivity index (χ4v) is 2.86. The Morgan fingerprint density at radius 2 is 2.33 bits per heavy atom. The number of hydrogen-bond acceptors (Lipinski definition) is 5. The number of thiophene rings is 1. The third-order valence-corrected chi connectivity index (χ3v) is 3.87. The number of carbonyl (C=O) groups is 1. The Kier molecular flexibility index (Phi) is 4.78. The highest BCUT2D eigenvalue weighted by Crippen LogP contribution is 2.22. The van der Waals surface area contributed by atoms with Crippen LogP contribution in [0.3, 0.4) is 0 Å². The number of aliphatic hydroxyl groups excluding tert-OH is 1. The molecular weight excluding hydrogens is 288 g/mol. The summed E-state index contributed by atoms with van der Waals surface area (Å²) in [6, 6.07) is 1.53. The van der Waals surface area contributed by atoms with Gasteiger partial charge in [0.2, 0.25) is 0 Å². The van der Waals surface area contributed by atoms with E-state index in [1.807, 2.05) is 20.8 Å². The normalized spacial score (nSPS) is 11.6. The van der Waals surface area contributed by atoms with Gasteiger partial charge in [0.1, 0.15) is 12.4 Å². The van der Waals surface area contributed by atoms with Gasteiger partial charge in [-0.1, -0.05) is 17.0 Å². The molecule has 0 spiro atoms. The van der Waals surface area contributed by atoms with E-state index < -0.39 is 0 Å². The molecule has 2 rings (SSSR count). The van der Waals surface area contributed by atoms with Gasteiger partial charge in [-0.15, -0.1) is 11.3 Å². The molecule has 0 aliphatic carbocycles. The smallest absolute Gasteiger partial charge is 0.252 e. The van der Waals surface area contributed by atoms with E-state index in [0.29, 0.717) is 11.3 Å². The van der Waals surface area contributed by atoms with E-state index in [0.717, 1.165) is 16.1 Å². The van der Waals surface area contributed by atoms with Crippen molar-refractivity contribution >= 4 is 17.2 Å². The highest BCUT2D eigenvalue weighted by Gasteiger charge is 2.19. The van der Waals surface area contributed by atoms with Gasteiger partial charge in [0.05, 0.1) is 22.2 Å². The van der Waals surface area contributed by atoms with Crippen LogP contribution in [0.2, 0.25) is 0 Å². The SMILES string of the molecule is Cc1noc(C)c1C(C)NC(=O)c1csc(C#CCO)c1. The lowest BCUT2D eigenvalue weighted by Crippen LogP contribution is -2.26. The number of carbonyl (C=O) groups excluding carboxylic acids is 1. The molecule has 0 aliphatic rings. The third kappa shape index (κ3) is 3.51. The largest absolute Gasteiger partial charge is 0.384 e. The maximum absolute atomic E-state index is 12.2. The number of aryl methyl sites for hydroxylation is 2. The molecule has 1 atom stereocenters. The number of hydrogen-bond donors (Lipinski definition) is 2. The first kappa shape index (κ1) is 15.3. The van der Waals surface area contributed by atoms with Crippen LogP contribution in [0.4, 0.5) is 0 Å². The lowest BCUT2D eigenvalue weighted by Gasteiger charge is -2.12. The Balaban J connectivity index is 2.09. The van der Waals surface area contributed by atoms with Crippen molar-refractivity contribution in [1.29, 1.82) is 0 Å². The molecule has 1 amide bonds. The topological polar surface area (TPSA) is 75.4 Å². The minimum atomic E-state index is -0.192. The predicted octanol–water partition coefficient (Wildman–Crippen LogP) is 2.19. The molecule has 0 bridgehead atoms. The van der Waals surface area contributed by atoms with E-state index in [-0.39, 0.29) is 18.6 Å². The van der Waals surface area contributed by atoms with Crippen molar-refractivity contribution in [3.8, 4) is 11.8 Å². The zero-order valence-electron chi connectivity index (χ0n) is 12.1. The highest BCUT2D eigenvalue weighted by atomic mass is 32.1. The minimum absolute atomic E-state index is 0.171. The zero-order valence-corrected chi connectivity index (χ0v) is 12.9. The van der Waals surface area contributed by atoms with Gasteiger partial charge in [-0.25, -0.2) is 0 Å². The lowest BCUT2D eigenvalue weighted by atomic mass is 10.1. The molecule has 0 aliphatic heterocycles. The fourth-order valence-electron chi connectivity index (χ4n) is 2.11. The van der Waals surface area contributed by atoms with Crippen molar-refractivity contribution in [2.45, 2.75) is 26.8 Å². The van der Waals surface area contributed by atoms with E-state index in [2.05, 4.69) is 22.3 Å². The van der Waals surface area contributed by atoms with Crippen LogP contribution in [-0.2, 0) is 0 Å². The molecule has 5 nitrogen and oxygen atoms in total. The summed E-state index contributed by atoms with van der Waals surface area (Å²) in [5.41, 5.74) is 2.24. The van der Waals surface area contributed by atoms with Gasteiger partial charge in [-0.2, -0.15) is 0 Å². The van der Waals surface area contributed by atoms with Crippen LogP contribution >= 0.6 is 11.3 Å². The Bertz CT molecular complexity index is 687. The molecule has 6 heteroatoms. The summed E-state index contributed by atoms with van der Waals surface area (Å²) in [7, 11) is 0. The summed E-state index contributed by atoms with van der Waals surface area (Å²) < 4.78 is 5.11. The molecule has 1 unspecified atom stereocenters. The molecule has 0 fully saturated rings. The second-order valence-electron chi connectivity index (χ2n) is 4.59. The predicted molar refractivity (Wildman–Crippen MR) is 80.1 cm³/mol. The lowest BCUT2D eigenvalue weighted by molar-refractivity contribution is 0.0940. The summed E-state index contributed by atoms with van der Waals surface area (Å²) in [5.74, 6) is 5.88. The van der Waals surface area contributed by atoms with Crippen LogP contribution in [0.1, 0.15) is 45.2 Å². The molecule has 21 heavy (non-hydrogen) atoms. The van der Waals surface area contributed by atoms with Crippen molar-refractivity contribution in [3.05, 3.63) is 38.9 Å². The first-order valence-corrected chi connectivity index (χ1v) is 7.32. The Morgan fingerprint density at radius 3 is 2.95 bits per heavy atom. The summed E-state index contributed by atoms with van der Waals surface area (Å²) in [4.78, 5) is 13.0. The monoisotopic (exact) mass is 304 g/mol. The van der Waals surface area contributed by atoms with E-state index in [9.17, 15) is 4.79 Å². The second-order valence-corrected chi connectivity index (χ2v) is 5.50. The van der Waals surface area contributed by atoms with Crippen LogP contribution in [-0.4, -0.2) is 22.8 Å². The highest BCUT2D eigenvalue weighted by molar-refractivity contribution is 7.10. The number of rotatable bonds is 3. The summed E-state index contributed by atoms with van der Waals surface area (Å²) in [6.07, 6.45) is 0. The maximum atomic E-state index is 12.2. The zero-order chi connectivity index (χ0) is 15.4. The second kappa shape index (κ2) is 6.57. The average Bonchev–Trinajstić information content (AvgIpc) is 3.03. The molecule has 2 aromatic heterocycles. The fraction of sp³-hybridized carbons (Fsp3) is 0.333. The van der Waals surface area contributed by atoms with Gasteiger partial charge in [-0.3, -0.25) is 4.79 Å². The molecule has 0 radical (unpaired) electrons. The summed E-state index contributed by atoms with van der Waals surface area (Å²) >= 11 is 1.37. The van der Waals surface area contributed by atoms with Gasteiger partial charge in [-0.05, 0) is 26.8 Å². The van der Waals surface area contributed by atoms with Crippen molar-refractivity contribution in [2.24, 2.45) is 0 Å². The minimum Gasteiger partial charge on any atom is -0.384 e. The molecule has 0 saturated heterocycles. The van der Waals surface area contributed by atoms with Crippen molar-refractivity contribution < 1.29 is 14.4 Å². The van der Waals surface area contributed by atoms with Gasteiger partial charge in [0, 0.05) is 10.9 Å². The van der Waals surface area contributed by atoms with E-state index in [1.54, 1.807) is 11.4 Å². The molecule has 2 heterocycles. The number of nitrogens with one attached hydrogen (secondary N) is 1. The van der Waals surface area contributed by atoms with E-state index in [1.165, 1.54) is 11.3 Å². The first-order valence-electron chi connectivity index (χ1n) is 6.44. The number of aromatic nitrogens is 1. The first-order chi connectivity index (χ1) is 10.0. The summed E-state index contributed by atoms with van der Waals surface area (Å²) in [6.45, 7) is 5.37. The molecular formula is C15H16N2O3S. The van der Waals surface area contributed by atoms with Crippen LogP contribution < -0.4 is 5.32 Å². The molecule has 2 aromatic rings. The quantitative estimate of drug-likeness (QED) is 0.852. The molecule has 0 saturated carbocycles. The maximum Gasteiger partial charge on any atom is 0.252 e. The van der Waals surface area contributed by atoms with Crippen molar-refractivity contribution in [2.75, 3.05) is 6.61 Å². The number of aliphatic hydroxyl groups is 1. The van der Waals surface area contributed by atoms with E-state index in [4.69, 9.17) is 9.63 Å². The molecule has 0 aromatic carbocycles. The van der Waals surface area contributed by atoms with E-state index >= 15 is 0 Å². The van der Waals surface area contributed by atoms with Crippen LogP contribution in [0.15, 0.2) is 16.0 Å². The number of nitrogens with zero attached hydrogens (tertiary/aromatic N) is 1. The average molecular weight is 304 g/mol. The van der Waals surface area contributed by atoms with Gasteiger partial charge in [0.15, 0.2) is 0 Å². The van der Waals surface area contributed by atoms with Crippen LogP contribution in [0, 0.1) is 25.7 Å². The van der Waals surface area contributed by atoms with Gasteiger partial charge < -0.3 is 14.9 Å². The molecule has 110 valence electrons. The number of amides is 1. The van der Waals surface area contributed by atoms with Crippen molar-refractivity contribution in [3.63, 3.8) is 0 Å². The Morgan fingerprint density at radius 1 is 1.57 bits per heavy atom. The van der Waals surface area contributed by atoms with Crippen LogP contribution in [0.5, 0.6) is 0 Å². The van der Waals surface area contributed by atoms with Gasteiger partial charge in [0.25, 0.3) is 5.91 Å². The Hall–Kier alpha value is -2.10. The Labute approximate surface area is 127 Å². The molecule has 2 N–H and O–H groups in total.